The maximum absolute atomic E-state index is 12.7. The van der Waals surface area contributed by atoms with Gasteiger partial charge in [0, 0.05) is 26.2 Å². The second kappa shape index (κ2) is 6.11. The second-order valence-corrected chi connectivity index (χ2v) is 7.99. The Bertz CT molecular complexity index is 636. The smallest absolute Gasteiger partial charge is 0.271 e. The first-order valence-corrected chi connectivity index (χ1v) is 8.61. The Morgan fingerprint density at radius 1 is 1.35 bits per heavy atom. The fraction of sp³-hybridized carbons (Fsp3) is 0.667. The van der Waals surface area contributed by atoms with Gasteiger partial charge in [-0.3, -0.25) is 9.69 Å². The molecule has 0 spiro atoms. The molecule has 5 nitrogen and oxygen atoms in total. The lowest BCUT2D eigenvalue weighted by Crippen LogP contribution is -2.35. The van der Waals surface area contributed by atoms with E-state index >= 15 is 0 Å². The quantitative estimate of drug-likeness (QED) is 0.933. The molecule has 1 aliphatic heterocycles. The number of nitrogens with one attached hydrogen (secondary N) is 1. The van der Waals surface area contributed by atoms with Gasteiger partial charge in [-0.15, -0.1) is 0 Å². The number of carbonyl (C=O) groups excluding carboxylic acids is 1. The van der Waals surface area contributed by atoms with E-state index in [1.165, 1.54) is 12.0 Å². The topological polar surface area (TPSA) is 50.2 Å². The van der Waals surface area contributed by atoms with Crippen molar-refractivity contribution in [2.75, 3.05) is 20.1 Å². The molecule has 1 amide bonds. The molecule has 1 N–H and O–H groups in total. The fourth-order valence-corrected chi connectivity index (χ4v) is 3.22. The van der Waals surface area contributed by atoms with Gasteiger partial charge in [0.25, 0.3) is 5.91 Å². The summed E-state index contributed by atoms with van der Waals surface area (Å²) in [5.41, 5.74) is 3.06. The van der Waals surface area contributed by atoms with Crippen LogP contribution in [-0.2, 0) is 13.1 Å². The first-order chi connectivity index (χ1) is 10.8. The van der Waals surface area contributed by atoms with Crippen molar-refractivity contribution >= 4 is 11.5 Å². The predicted molar refractivity (Wildman–Crippen MR) is 92.2 cm³/mol. The number of amides is 1. The maximum atomic E-state index is 12.7. The minimum absolute atomic E-state index is 0.0381. The van der Waals surface area contributed by atoms with E-state index in [2.05, 4.69) is 48.7 Å². The van der Waals surface area contributed by atoms with Gasteiger partial charge in [0.1, 0.15) is 5.82 Å². The Kier molecular flexibility index (Phi) is 4.32. The zero-order valence-corrected chi connectivity index (χ0v) is 14.8. The van der Waals surface area contributed by atoms with Gasteiger partial charge < -0.3 is 9.88 Å². The van der Waals surface area contributed by atoms with Crippen molar-refractivity contribution in [3.05, 3.63) is 23.3 Å². The molecule has 126 valence electrons. The van der Waals surface area contributed by atoms with E-state index < -0.39 is 0 Å². The number of hydrogen-bond donors (Lipinski definition) is 1. The van der Waals surface area contributed by atoms with E-state index in [-0.39, 0.29) is 11.3 Å². The van der Waals surface area contributed by atoms with Crippen LogP contribution in [0.15, 0.2) is 6.08 Å². The number of imidazole rings is 1. The summed E-state index contributed by atoms with van der Waals surface area (Å²) >= 11 is 0. The number of fused-ring (bicyclic) bond motifs is 1. The van der Waals surface area contributed by atoms with Crippen LogP contribution in [0.2, 0.25) is 0 Å². The van der Waals surface area contributed by atoms with Crippen LogP contribution in [0.25, 0.3) is 5.57 Å². The average molecular weight is 316 g/mol. The van der Waals surface area contributed by atoms with Crippen LogP contribution in [0.5, 0.6) is 0 Å². The lowest BCUT2D eigenvalue weighted by Gasteiger charge is -2.26. The third-order valence-corrected chi connectivity index (χ3v) is 4.52. The van der Waals surface area contributed by atoms with Gasteiger partial charge in [-0.05, 0) is 37.3 Å². The van der Waals surface area contributed by atoms with Crippen molar-refractivity contribution in [2.24, 2.45) is 5.41 Å². The van der Waals surface area contributed by atoms with E-state index in [1.807, 2.05) is 0 Å². The number of aromatic nitrogens is 2. The summed E-state index contributed by atoms with van der Waals surface area (Å²) in [6.07, 6.45) is 5.69. The molecule has 2 aliphatic rings. The number of carbonyl (C=O) groups is 1. The second-order valence-electron chi connectivity index (χ2n) is 7.99. The van der Waals surface area contributed by atoms with Crippen molar-refractivity contribution in [2.45, 2.75) is 53.1 Å². The molecule has 3 rings (SSSR count). The standard InChI is InChI=1S/C18H28N4O/c1-18(2,3)12-19-17(23)15-14-11-21(4)9-10-22(14)16(20-15)13-7-5-6-8-13/h7H,5-6,8-12H2,1-4H3,(H,19,23). The van der Waals surface area contributed by atoms with Crippen LogP contribution >= 0.6 is 0 Å². The molecular formula is C18H28N4O. The number of hydrogen-bond acceptors (Lipinski definition) is 3. The first kappa shape index (κ1) is 16.2. The van der Waals surface area contributed by atoms with Crippen molar-refractivity contribution in [1.82, 2.24) is 19.8 Å². The molecule has 0 unspecified atom stereocenters. The average Bonchev–Trinajstić information content (AvgIpc) is 3.10. The number of nitrogens with zero attached hydrogens (tertiary/aromatic N) is 3. The Balaban J connectivity index is 1.91. The largest absolute Gasteiger partial charge is 0.350 e. The number of rotatable bonds is 3. The van der Waals surface area contributed by atoms with Crippen LogP contribution in [0.1, 0.15) is 62.0 Å². The van der Waals surface area contributed by atoms with E-state index in [9.17, 15) is 4.79 Å². The maximum Gasteiger partial charge on any atom is 0.271 e. The fourth-order valence-electron chi connectivity index (χ4n) is 3.22. The van der Waals surface area contributed by atoms with Gasteiger partial charge in [-0.1, -0.05) is 26.8 Å². The van der Waals surface area contributed by atoms with E-state index in [0.717, 1.165) is 44.0 Å². The molecule has 0 aromatic carbocycles. The Morgan fingerprint density at radius 3 is 2.78 bits per heavy atom. The minimum atomic E-state index is -0.0381. The van der Waals surface area contributed by atoms with Crippen LogP contribution < -0.4 is 5.32 Å². The molecule has 2 heterocycles. The summed E-state index contributed by atoms with van der Waals surface area (Å²) in [4.78, 5) is 19.7. The van der Waals surface area contributed by atoms with Gasteiger partial charge in [0.15, 0.2) is 5.69 Å². The van der Waals surface area contributed by atoms with Crippen molar-refractivity contribution < 1.29 is 4.79 Å². The highest BCUT2D eigenvalue weighted by Gasteiger charge is 2.28. The Hall–Kier alpha value is -1.62. The Morgan fingerprint density at radius 2 is 2.13 bits per heavy atom. The molecule has 1 aromatic heterocycles. The highest BCUT2D eigenvalue weighted by molar-refractivity contribution is 5.94. The monoisotopic (exact) mass is 316 g/mol. The van der Waals surface area contributed by atoms with Gasteiger partial charge >= 0.3 is 0 Å². The van der Waals surface area contributed by atoms with Gasteiger partial charge in [-0.2, -0.15) is 0 Å². The number of likely N-dealkylation sites (N-methyl/N-ethyl adjacent to an activating group) is 1. The van der Waals surface area contributed by atoms with Gasteiger partial charge in [0.2, 0.25) is 0 Å². The summed E-state index contributed by atoms with van der Waals surface area (Å²) in [7, 11) is 2.10. The summed E-state index contributed by atoms with van der Waals surface area (Å²) in [5, 5.41) is 3.06. The molecular weight excluding hydrogens is 288 g/mol. The van der Waals surface area contributed by atoms with Crippen LogP contribution in [0.4, 0.5) is 0 Å². The molecule has 23 heavy (non-hydrogen) atoms. The normalized spacial score (nSPS) is 18.7. The van der Waals surface area contributed by atoms with Crippen molar-refractivity contribution in [1.29, 1.82) is 0 Å². The SMILES string of the molecule is CN1CCn2c(C3=CCCC3)nc(C(=O)NCC(C)(C)C)c2C1. The van der Waals surface area contributed by atoms with Crippen molar-refractivity contribution in [3.63, 3.8) is 0 Å². The molecule has 1 aromatic rings. The lowest BCUT2D eigenvalue weighted by molar-refractivity contribution is 0.0931. The third-order valence-electron chi connectivity index (χ3n) is 4.52. The van der Waals surface area contributed by atoms with Crippen LogP contribution in [0.3, 0.4) is 0 Å². The molecule has 0 saturated heterocycles. The minimum Gasteiger partial charge on any atom is -0.350 e. The molecule has 0 bridgehead atoms. The predicted octanol–water partition coefficient (Wildman–Crippen LogP) is 2.67. The van der Waals surface area contributed by atoms with Crippen LogP contribution in [-0.4, -0.2) is 40.5 Å². The number of allylic oxidation sites excluding steroid dienone is 2. The Labute approximate surface area is 138 Å². The van der Waals surface area contributed by atoms with Crippen molar-refractivity contribution in [3.8, 4) is 0 Å². The molecule has 0 fully saturated rings. The zero-order valence-electron chi connectivity index (χ0n) is 14.8. The van der Waals surface area contributed by atoms with Gasteiger partial charge in [0.05, 0.1) is 5.69 Å². The van der Waals surface area contributed by atoms with Gasteiger partial charge in [-0.25, -0.2) is 4.98 Å². The van der Waals surface area contributed by atoms with E-state index in [1.54, 1.807) is 0 Å². The molecule has 0 atom stereocenters. The highest BCUT2D eigenvalue weighted by atomic mass is 16.1. The molecule has 1 aliphatic carbocycles. The third kappa shape index (κ3) is 3.50. The summed E-state index contributed by atoms with van der Waals surface area (Å²) in [5.74, 6) is 0.982. The molecule has 5 heteroatoms. The molecule has 0 radical (unpaired) electrons. The lowest BCUT2D eigenvalue weighted by atomic mass is 9.97. The van der Waals surface area contributed by atoms with E-state index in [4.69, 9.17) is 4.98 Å². The molecule has 0 saturated carbocycles. The summed E-state index contributed by atoms with van der Waals surface area (Å²) < 4.78 is 2.27. The zero-order chi connectivity index (χ0) is 16.6. The summed E-state index contributed by atoms with van der Waals surface area (Å²) in [6, 6.07) is 0. The highest BCUT2D eigenvalue weighted by Crippen LogP contribution is 2.30. The van der Waals surface area contributed by atoms with E-state index in [0.29, 0.717) is 12.2 Å². The van der Waals surface area contributed by atoms with Crippen LogP contribution in [0, 0.1) is 5.41 Å². The summed E-state index contributed by atoms with van der Waals surface area (Å²) in [6.45, 7) is 9.74. The first-order valence-electron chi connectivity index (χ1n) is 8.61.